The summed E-state index contributed by atoms with van der Waals surface area (Å²) >= 11 is 0. The summed E-state index contributed by atoms with van der Waals surface area (Å²) < 4.78 is 1.95. The normalized spacial score (nSPS) is 17.0. The Morgan fingerprint density at radius 3 is 2.42 bits per heavy atom. The van der Waals surface area contributed by atoms with Crippen LogP contribution in [0.5, 0.6) is 0 Å². The van der Waals surface area contributed by atoms with Gasteiger partial charge in [0.25, 0.3) is 0 Å². The number of piperazine rings is 1. The summed E-state index contributed by atoms with van der Waals surface area (Å²) in [6.07, 6.45) is 1.73. The van der Waals surface area contributed by atoms with E-state index < -0.39 is 5.97 Å². The zero-order valence-electron chi connectivity index (χ0n) is 15.0. The highest BCUT2D eigenvalue weighted by Crippen LogP contribution is 2.31. The molecule has 3 rings (SSSR count). The van der Waals surface area contributed by atoms with Gasteiger partial charge in [-0.3, -0.25) is 4.90 Å². The fourth-order valence-electron chi connectivity index (χ4n) is 3.61. The minimum atomic E-state index is -0.855. The molecule has 0 radical (unpaired) electrons. The van der Waals surface area contributed by atoms with E-state index in [0.29, 0.717) is 11.5 Å². The topological polar surface area (TPSA) is 48.7 Å². The first-order chi connectivity index (χ1) is 11.4. The van der Waals surface area contributed by atoms with Crippen LogP contribution in [0.1, 0.15) is 41.3 Å². The van der Waals surface area contributed by atoms with Gasteiger partial charge >= 0.3 is 5.97 Å². The zero-order chi connectivity index (χ0) is 17.4. The molecule has 1 aliphatic heterocycles. The number of nitrogens with zero attached hydrogens (tertiary/aromatic N) is 3. The highest BCUT2D eigenvalue weighted by atomic mass is 16.4. The maximum absolute atomic E-state index is 11.6. The fourth-order valence-corrected chi connectivity index (χ4v) is 3.61. The van der Waals surface area contributed by atoms with Crippen molar-refractivity contribution >= 4 is 16.9 Å². The molecule has 1 saturated heterocycles. The van der Waals surface area contributed by atoms with Crippen LogP contribution in [0.25, 0.3) is 10.9 Å². The molecule has 0 amide bonds. The minimum Gasteiger partial charge on any atom is -0.478 e. The molecule has 24 heavy (non-hydrogen) atoms. The Balaban J connectivity index is 2.02. The summed E-state index contributed by atoms with van der Waals surface area (Å²) in [5, 5.41) is 10.4. The van der Waals surface area contributed by atoms with E-state index in [1.807, 2.05) is 11.6 Å². The average molecular weight is 329 g/mol. The van der Waals surface area contributed by atoms with Crippen LogP contribution in [0.15, 0.2) is 18.3 Å². The first-order valence-corrected chi connectivity index (χ1v) is 8.63. The van der Waals surface area contributed by atoms with Gasteiger partial charge in [-0.05, 0) is 30.2 Å². The number of carbonyl (C=O) groups is 1. The van der Waals surface area contributed by atoms with Crippen molar-refractivity contribution in [3.05, 3.63) is 35.0 Å². The summed E-state index contributed by atoms with van der Waals surface area (Å²) in [4.78, 5) is 16.4. The molecule has 5 heteroatoms. The highest BCUT2D eigenvalue weighted by molar-refractivity contribution is 6.04. The largest absolute Gasteiger partial charge is 0.478 e. The minimum absolute atomic E-state index is 0.357. The molecular formula is C19H27N3O2. The number of likely N-dealkylation sites (N-methyl/N-ethyl adjacent to an activating group) is 1. The Hall–Kier alpha value is -1.85. The monoisotopic (exact) mass is 329 g/mol. The van der Waals surface area contributed by atoms with Gasteiger partial charge < -0.3 is 14.6 Å². The van der Waals surface area contributed by atoms with Gasteiger partial charge in [0.05, 0.1) is 11.1 Å². The number of carboxylic acids is 1. The van der Waals surface area contributed by atoms with Crippen molar-refractivity contribution in [1.82, 2.24) is 14.4 Å². The van der Waals surface area contributed by atoms with Gasteiger partial charge in [0.2, 0.25) is 0 Å². The van der Waals surface area contributed by atoms with Crippen LogP contribution in [-0.2, 0) is 13.6 Å². The van der Waals surface area contributed by atoms with Gasteiger partial charge in [-0.15, -0.1) is 0 Å². The number of aromatic nitrogens is 1. The number of carboxylic acid groups (broad SMARTS) is 1. The van der Waals surface area contributed by atoms with Crippen LogP contribution in [0.3, 0.4) is 0 Å². The molecule has 0 atom stereocenters. The maximum atomic E-state index is 11.6. The molecular weight excluding hydrogens is 302 g/mol. The van der Waals surface area contributed by atoms with Crippen LogP contribution in [0.2, 0.25) is 0 Å². The number of benzene rings is 1. The van der Waals surface area contributed by atoms with Crippen molar-refractivity contribution in [2.24, 2.45) is 7.05 Å². The zero-order valence-corrected chi connectivity index (χ0v) is 15.0. The third-order valence-electron chi connectivity index (χ3n) is 5.02. The van der Waals surface area contributed by atoms with Gasteiger partial charge in [0, 0.05) is 51.4 Å². The third-order valence-corrected chi connectivity index (χ3v) is 5.02. The maximum Gasteiger partial charge on any atom is 0.337 e. The van der Waals surface area contributed by atoms with Crippen LogP contribution in [0.4, 0.5) is 0 Å². The number of aryl methyl sites for hydroxylation is 1. The quantitative estimate of drug-likeness (QED) is 0.937. The van der Waals surface area contributed by atoms with Crippen molar-refractivity contribution in [3.8, 4) is 0 Å². The smallest absolute Gasteiger partial charge is 0.337 e. The Bertz CT molecular complexity index is 756. The van der Waals surface area contributed by atoms with Crippen molar-refractivity contribution in [2.45, 2.75) is 26.3 Å². The lowest BCUT2D eigenvalue weighted by molar-refractivity contribution is 0.0699. The third kappa shape index (κ3) is 3.19. The summed E-state index contributed by atoms with van der Waals surface area (Å²) in [5.74, 6) is -0.498. The summed E-state index contributed by atoms with van der Waals surface area (Å²) in [7, 11) is 4.09. The summed E-state index contributed by atoms with van der Waals surface area (Å²) in [6.45, 7) is 9.52. The molecule has 0 unspecified atom stereocenters. The highest BCUT2D eigenvalue weighted by Gasteiger charge is 2.20. The predicted octanol–water partition coefficient (Wildman–Crippen LogP) is 2.75. The van der Waals surface area contributed by atoms with E-state index in [0.717, 1.165) is 43.6 Å². The fraction of sp³-hybridized carbons (Fsp3) is 0.526. The summed E-state index contributed by atoms with van der Waals surface area (Å²) in [6, 6.07) is 4.33. The molecule has 0 saturated carbocycles. The lowest BCUT2D eigenvalue weighted by Crippen LogP contribution is -2.43. The molecule has 5 nitrogen and oxygen atoms in total. The van der Waals surface area contributed by atoms with Crippen LogP contribution in [-0.4, -0.2) is 58.7 Å². The van der Waals surface area contributed by atoms with Gasteiger partial charge in [0.1, 0.15) is 0 Å². The van der Waals surface area contributed by atoms with Crippen molar-refractivity contribution < 1.29 is 9.90 Å². The van der Waals surface area contributed by atoms with Gasteiger partial charge in [-0.1, -0.05) is 19.9 Å². The van der Waals surface area contributed by atoms with Crippen molar-refractivity contribution in [3.63, 3.8) is 0 Å². The lowest BCUT2D eigenvalue weighted by Gasteiger charge is -2.32. The first kappa shape index (κ1) is 17.0. The van der Waals surface area contributed by atoms with Gasteiger partial charge in [0.15, 0.2) is 0 Å². The van der Waals surface area contributed by atoms with Crippen molar-refractivity contribution in [2.75, 3.05) is 33.2 Å². The van der Waals surface area contributed by atoms with Crippen LogP contribution < -0.4 is 0 Å². The number of hydrogen-bond donors (Lipinski definition) is 1. The molecule has 1 aliphatic rings. The predicted molar refractivity (Wildman–Crippen MR) is 96.7 cm³/mol. The molecule has 1 N–H and O–H groups in total. The van der Waals surface area contributed by atoms with E-state index in [-0.39, 0.29) is 0 Å². The van der Waals surface area contributed by atoms with Crippen LogP contribution in [0, 0.1) is 0 Å². The Morgan fingerprint density at radius 2 is 1.83 bits per heavy atom. The van der Waals surface area contributed by atoms with Gasteiger partial charge in [-0.2, -0.15) is 0 Å². The van der Waals surface area contributed by atoms with E-state index >= 15 is 0 Å². The molecule has 0 aliphatic carbocycles. The molecule has 1 fully saturated rings. The van der Waals surface area contributed by atoms with E-state index in [2.05, 4.69) is 42.8 Å². The van der Waals surface area contributed by atoms with E-state index in [9.17, 15) is 9.90 Å². The molecule has 0 spiro atoms. The number of rotatable bonds is 4. The van der Waals surface area contributed by atoms with Gasteiger partial charge in [-0.25, -0.2) is 4.79 Å². The van der Waals surface area contributed by atoms with Crippen molar-refractivity contribution in [1.29, 1.82) is 0 Å². The second kappa shape index (κ2) is 6.57. The number of fused-ring (bicyclic) bond motifs is 1. The lowest BCUT2D eigenvalue weighted by atomic mass is 9.96. The second-order valence-corrected chi connectivity index (χ2v) is 7.27. The van der Waals surface area contributed by atoms with Crippen LogP contribution >= 0.6 is 0 Å². The standard InChI is InChI=1S/C19H27N3O2/c1-13(2)15-9-14(11-22-7-5-20(3)6-8-22)10-16-17(19(23)24)12-21(4)18(15)16/h9-10,12-13H,5-8,11H2,1-4H3,(H,23,24). The average Bonchev–Trinajstić information content (AvgIpc) is 2.86. The Kier molecular flexibility index (Phi) is 4.65. The Morgan fingerprint density at radius 1 is 1.17 bits per heavy atom. The molecule has 2 aromatic rings. The van der Waals surface area contributed by atoms with E-state index in [1.165, 1.54) is 11.1 Å². The SMILES string of the molecule is CC(C)c1cc(CN2CCN(C)CC2)cc2c(C(=O)O)cn(C)c12. The molecule has 2 heterocycles. The second-order valence-electron chi connectivity index (χ2n) is 7.27. The molecule has 130 valence electrons. The number of hydrogen-bond acceptors (Lipinski definition) is 3. The first-order valence-electron chi connectivity index (χ1n) is 8.63. The van der Waals surface area contributed by atoms with E-state index in [1.54, 1.807) is 6.20 Å². The number of aromatic carboxylic acids is 1. The molecule has 1 aromatic heterocycles. The molecule has 0 bridgehead atoms. The molecule has 1 aromatic carbocycles. The Labute approximate surface area is 143 Å². The summed E-state index contributed by atoms with van der Waals surface area (Å²) in [5.41, 5.74) is 3.88. The van der Waals surface area contributed by atoms with E-state index in [4.69, 9.17) is 0 Å².